The number of ether oxygens (including phenoxy) is 16. The number of carboxylic acids is 1. The smallest absolute Gasteiger partial charge is 0.305 e. The molecule has 0 aromatic heterocycles. The van der Waals surface area contributed by atoms with E-state index in [2.05, 4.69) is 5.32 Å². The molecular weight excluding hydrogens is 840 g/mol. The zero-order chi connectivity index (χ0) is 45.2. The number of aliphatic carboxylic acids is 1. The Hall–Kier alpha value is -2.33. The fourth-order valence-corrected chi connectivity index (χ4v) is 4.66. The van der Waals surface area contributed by atoms with Gasteiger partial charge in [-0.15, -0.1) is 0 Å². The summed E-state index contributed by atoms with van der Waals surface area (Å²) < 4.78 is 87.1. The van der Waals surface area contributed by atoms with Crippen LogP contribution in [0.2, 0.25) is 0 Å². The topological polar surface area (TPSA) is 234 Å². The van der Waals surface area contributed by atoms with Crippen molar-refractivity contribution in [2.24, 2.45) is 0 Å². The standard InChI is InChI=1S/C41H76N2O20/c44-39-1-2-40(45)43(39)6-10-51-14-18-55-22-26-59-30-34-63-38-37-62-33-29-58-25-21-54-17-13-50-9-5-42-4-8-49-12-16-53-20-24-57-28-32-61-36-35-60-31-27-56-23-19-52-15-11-48-7-3-41(46)47/h1-2,42H,3-38H2,(H,46,47). The Morgan fingerprint density at radius 1 is 0.349 bits per heavy atom. The third-order valence-corrected chi connectivity index (χ3v) is 7.87. The molecule has 0 unspecified atom stereocenters. The molecule has 0 atom stereocenters. The molecule has 22 heteroatoms. The quantitative estimate of drug-likeness (QED) is 0.0564. The third-order valence-electron chi connectivity index (χ3n) is 7.87. The molecule has 0 aliphatic carbocycles. The second-order valence-corrected chi connectivity index (χ2v) is 12.9. The summed E-state index contributed by atoms with van der Waals surface area (Å²) >= 11 is 0. The van der Waals surface area contributed by atoms with Crippen LogP contribution in [0.3, 0.4) is 0 Å². The summed E-state index contributed by atoms with van der Waals surface area (Å²) in [5.74, 6) is -1.50. The number of rotatable bonds is 54. The summed E-state index contributed by atoms with van der Waals surface area (Å²) in [7, 11) is 0. The van der Waals surface area contributed by atoms with Gasteiger partial charge in [-0.3, -0.25) is 19.3 Å². The van der Waals surface area contributed by atoms with Gasteiger partial charge in [-0.1, -0.05) is 0 Å². The average molecular weight is 917 g/mol. The van der Waals surface area contributed by atoms with Gasteiger partial charge in [0, 0.05) is 25.2 Å². The highest BCUT2D eigenvalue weighted by Gasteiger charge is 2.22. The zero-order valence-corrected chi connectivity index (χ0v) is 37.3. The molecule has 1 rings (SSSR count). The molecular formula is C41H76N2O20. The lowest BCUT2D eigenvalue weighted by Gasteiger charge is -2.13. The number of carbonyl (C=O) groups excluding carboxylic acids is 2. The summed E-state index contributed by atoms with van der Waals surface area (Å²) in [5, 5.41) is 11.8. The number of carboxylic acid groups (broad SMARTS) is 1. The summed E-state index contributed by atoms with van der Waals surface area (Å²) in [6.07, 6.45) is 2.50. The molecule has 63 heavy (non-hydrogen) atoms. The molecule has 0 aromatic rings. The van der Waals surface area contributed by atoms with Gasteiger partial charge in [0.15, 0.2) is 0 Å². The van der Waals surface area contributed by atoms with Crippen molar-refractivity contribution < 1.29 is 95.3 Å². The molecule has 0 bridgehead atoms. The van der Waals surface area contributed by atoms with Crippen LogP contribution >= 0.6 is 0 Å². The number of carbonyl (C=O) groups is 3. The first-order chi connectivity index (χ1) is 31.1. The van der Waals surface area contributed by atoms with Crippen LogP contribution in [0.5, 0.6) is 0 Å². The molecule has 0 saturated heterocycles. The number of hydrogen-bond donors (Lipinski definition) is 2. The van der Waals surface area contributed by atoms with E-state index in [0.29, 0.717) is 198 Å². The van der Waals surface area contributed by atoms with Crippen molar-refractivity contribution in [3.05, 3.63) is 12.2 Å². The highest BCUT2D eigenvalue weighted by Crippen LogP contribution is 2.02. The number of amides is 2. The van der Waals surface area contributed by atoms with Crippen molar-refractivity contribution in [3.63, 3.8) is 0 Å². The van der Waals surface area contributed by atoms with Gasteiger partial charge >= 0.3 is 5.97 Å². The maximum absolute atomic E-state index is 11.4. The largest absolute Gasteiger partial charge is 0.481 e. The molecule has 0 spiro atoms. The van der Waals surface area contributed by atoms with E-state index < -0.39 is 5.97 Å². The molecule has 1 aliphatic rings. The maximum atomic E-state index is 11.4. The van der Waals surface area contributed by atoms with Crippen LogP contribution in [0.1, 0.15) is 6.42 Å². The molecule has 2 amide bonds. The van der Waals surface area contributed by atoms with Gasteiger partial charge in [0.25, 0.3) is 11.8 Å². The molecule has 0 aromatic carbocycles. The van der Waals surface area contributed by atoms with Crippen molar-refractivity contribution >= 4 is 17.8 Å². The first kappa shape index (κ1) is 58.7. The maximum Gasteiger partial charge on any atom is 0.305 e. The highest BCUT2D eigenvalue weighted by molar-refractivity contribution is 6.12. The number of imide groups is 1. The van der Waals surface area contributed by atoms with E-state index in [9.17, 15) is 14.4 Å². The Labute approximate surface area is 372 Å². The highest BCUT2D eigenvalue weighted by atomic mass is 16.6. The summed E-state index contributed by atoms with van der Waals surface area (Å²) in [6, 6.07) is 0. The van der Waals surface area contributed by atoms with E-state index in [1.165, 1.54) is 12.2 Å². The Morgan fingerprint density at radius 3 is 0.794 bits per heavy atom. The molecule has 22 nitrogen and oxygen atoms in total. The number of nitrogens with zero attached hydrogens (tertiary/aromatic N) is 1. The van der Waals surface area contributed by atoms with Crippen LogP contribution in [-0.4, -0.2) is 259 Å². The van der Waals surface area contributed by atoms with E-state index in [-0.39, 0.29) is 38.0 Å². The minimum atomic E-state index is -0.879. The van der Waals surface area contributed by atoms with Gasteiger partial charge in [0.1, 0.15) is 0 Å². The van der Waals surface area contributed by atoms with Crippen molar-refractivity contribution in [2.75, 3.05) is 231 Å². The Balaban J connectivity index is 1.60. The van der Waals surface area contributed by atoms with Crippen molar-refractivity contribution in [1.82, 2.24) is 10.2 Å². The van der Waals surface area contributed by atoms with Crippen LogP contribution in [0.25, 0.3) is 0 Å². The summed E-state index contributed by atoms with van der Waals surface area (Å²) in [5.41, 5.74) is 0. The minimum Gasteiger partial charge on any atom is -0.481 e. The lowest BCUT2D eigenvalue weighted by molar-refractivity contribution is -0.139. The van der Waals surface area contributed by atoms with E-state index in [1.54, 1.807) is 0 Å². The predicted molar refractivity (Wildman–Crippen MR) is 224 cm³/mol. The summed E-state index contributed by atoms with van der Waals surface area (Å²) in [6.45, 7) is 16.3. The Morgan fingerprint density at radius 2 is 0.556 bits per heavy atom. The van der Waals surface area contributed by atoms with Gasteiger partial charge < -0.3 is 86.2 Å². The molecule has 1 heterocycles. The van der Waals surface area contributed by atoms with E-state index in [0.717, 1.165) is 18.0 Å². The molecule has 2 N–H and O–H groups in total. The lowest BCUT2D eigenvalue weighted by atomic mass is 10.5. The molecule has 0 fully saturated rings. The second kappa shape index (κ2) is 49.1. The number of hydrogen-bond acceptors (Lipinski definition) is 20. The van der Waals surface area contributed by atoms with Gasteiger partial charge in [-0.05, 0) is 0 Å². The van der Waals surface area contributed by atoms with Crippen LogP contribution in [0.15, 0.2) is 12.2 Å². The fraction of sp³-hybridized carbons (Fsp3) is 0.878. The van der Waals surface area contributed by atoms with Gasteiger partial charge in [0.2, 0.25) is 0 Å². The van der Waals surface area contributed by atoms with Gasteiger partial charge in [-0.25, -0.2) is 0 Å². The molecule has 370 valence electrons. The monoisotopic (exact) mass is 916 g/mol. The molecule has 0 saturated carbocycles. The Bertz CT molecular complexity index is 1030. The van der Waals surface area contributed by atoms with Crippen LogP contribution in [0, 0.1) is 0 Å². The Kier molecular flexibility index (Phi) is 45.7. The van der Waals surface area contributed by atoms with E-state index in [4.69, 9.17) is 80.9 Å². The van der Waals surface area contributed by atoms with Crippen molar-refractivity contribution in [3.8, 4) is 0 Å². The van der Waals surface area contributed by atoms with Crippen molar-refractivity contribution in [1.29, 1.82) is 0 Å². The predicted octanol–water partition coefficient (Wildman–Crippen LogP) is -0.759. The third kappa shape index (κ3) is 44.6. The lowest BCUT2D eigenvalue weighted by Crippen LogP contribution is -2.33. The van der Waals surface area contributed by atoms with E-state index >= 15 is 0 Å². The van der Waals surface area contributed by atoms with Crippen LogP contribution < -0.4 is 5.32 Å². The number of nitrogens with one attached hydrogen (secondary N) is 1. The minimum absolute atomic E-state index is 0.00836. The van der Waals surface area contributed by atoms with Crippen LogP contribution in [0.4, 0.5) is 0 Å². The first-order valence-electron chi connectivity index (χ1n) is 21.8. The second-order valence-electron chi connectivity index (χ2n) is 12.9. The van der Waals surface area contributed by atoms with E-state index in [1.807, 2.05) is 0 Å². The molecule has 0 radical (unpaired) electrons. The van der Waals surface area contributed by atoms with Gasteiger partial charge in [0.05, 0.1) is 224 Å². The van der Waals surface area contributed by atoms with Gasteiger partial charge in [-0.2, -0.15) is 0 Å². The normalized spacial score (nSPS) is 12.7. The fourth-order valence-electron chi connectivity index (χ4n) is 4.66. The summed E-state index contributed by atoms with van der Waals surface area (Å²) in [4.78, 5) is 34.3. The first-order valence-corrected chi connectivity index (χ1v) is 21.8. The SMILES string of the molecule is O=C(O)CCOCCOCCOCCOCCOCCOCCOCCOCCNCCOCCOCCOCCOCCOCCOCCOCCOCCN1C(=O)C=CC1=O. The average Bonchev–Trinajstić information content (AvgIpc) is 3.60. The van der Waals surface area contributed by atoms with Crippen LogP contribution in [-0.2, 0) is 90.2 Å². The zero-order valence-electron chi connectivity index (χ0n) is 37.3. The molecule has 1 aliphatic heterocycles. The van der Waals surface area contributed by atoms with Crippen molar-refractivity contribution in [2.45, 2.75) is 6.42 Å².